The van der Waals surface area contributed by atoms with Gasteiger partial charge in [0.15, 0.2) is 0 Å². The van der Waals surface area contributed by atoms with Gasteiger partial charge in [0.1, 0.15) is 17.7 Å². The third-order valence-corrected chi connectivity index (χ3v) is 8.08. The van der Waals surface area contributed by atoms with Crippen LogP contribution in [0.4, 0.5) is 10.5 Å². The van der Waals surface area contributed by atoms with E-state index >= 15 is 0 Å². The molecule has 3 atom stereocenters. The largest absolute Gasteiger partial charge is 0.444 e. The van der Waals surface area contributed by atoms with Crippen LogP contribution in [0.25, 0.3) is 0 Å². The number of amides is 3. The van der Waals surface area contributed by atoms with E-state index in [0.717, 1.165) is 37.7 Å². The molecule has 1 N–H and O–H groups in total. The zero-order valence-corrected chi connectivity index (χ0v) is 26.8. The number of carbonyl (C=O) groups excluding carboxylic acids is 3. The van der Waals surface area contributed by atoms with Gasteiger partial charge >= 0.3 is 6.09 Å². The molecule has 1 aliphatic carbocycles. The van der Waals surface area contributed by atoms with Gasteiger partial charge in [-0.25, -0.2) is 4.79 Å². The average Bonchev–Trinajstić information content (AvgIpc) is 2.95. The lowest BCUT2D eigenvalue weighted by atomic mass is 9.87. The average molecular weight is 593 g/mol. The molecule has 0 radical (unpaired) electrons. The SMILES string of the molecule is CC1OCCN(C(=O)OC(C)(C)C)C1C(=O)N(c1ccc(C(C)(C)C)cc1)C(C(=O)NC1CCCCC1)c1cccnc1. The minimum absolute atomic E-state index is 0.0378. The molecule has 0 spiro atoms. The molecule has 3 unspecified atom stereocenters. The third-order valence-electron chi connectivity index (χ3n) is 8.08. The molecular formula is C34H48N4O5. The third kappa shape index (κ3) is 8.13. The maximum Gasteiger partial charge on any atom is 0.411 e. The van der Waals surface area contributed by atoms with Crippen LogP contribution in [0.5, 0.6) is 0 Å². The number of hydrogen-bond acceptors (Lipinski definition) is 6. The van der Waals surface area contributed by atoms with Crippen molar-refractivity contribution in [2.75, 3.05) is 18.1 Å². The quantitative estimate of drug-likeness (QED) is 0.447. The Morgan fingerprint density at radius 3 is 2.28 bits per heavy atom. The molecule has 2 aromatic rings. The number of benzene rings is 1. The van der Waals surface area contributed by atoms with Crippen molar-refractivity contribution in [3.8, 4) is 0 Å². The lowest BCUT2D eigenvalue weighted by Crippen LogP contribution is -2.62. The van der Waals surface area contributed by atoms with E-state index in [0.29, 0.717) is 11.3 Å². The fraction of sp³-hybridized carbons (Fsp3) is 0.588. The van der Waals surface area contributed by atoms with E-state index in [1.165, 1.54) is 9.80 Å². The smallest absolute Gasteiger partial charge is 0.411 e. The van der Waals surface area contributed by atoms with Crippen molar-refractivity contribution in [2.45, 2.75) is 116 Å². The first kappa shape index (κ1) is 32.5. The summed E-state index contributed by atoms with van der Waals surface area (Å²) in [5, 5.41) is 3.24. The number of aromatic nitrogens is 1. The molecule has 1 aromatic heterocycles. The fourth-order valence-electron chi connectivity index (χ4n) is 5.83. The summed E-state index contributed by atoms with van der Waals surface area (Å²) in [6.07, 6.45) is 7.13. The monoisotopic (exact) mass is 592 g/mol. The molecule has 234 valence electrons. The molecule has 1 aromatic carbocycles. The van der Waals surface area contributed by atoms with Gasteiger partial charge in [-0.05, 0) is 69.7 Å². The van der Waals surface area contributed by atoms with Crippen molar-refractivity contribution >= 4 is 23.6 Å². The number of rotatable bonds is 6. The minimum atomic E-state index is -1.02. The number of nitrogens with zero attached hydrogens (tertiary/aromatic N) is 3. The van der Waals surface area contributed by atoms with E-state index < -0.39 is 35.8 Å². The van der Waals surface area contributed by atoms with Gasteiger partial charge in [-0.3, -0.25) is 24.4 Å². The lowest BCUT2D eigenvalue weighted by molar-refractivity contribution is -0.138. The highest BCUT2D eigenvalue weighted by molar-refractivity contribution is 6.05. The molecule has 9 nitrogen and oxygen atoms in total. The topological polar surface area (TPSA) is 101 Å². The zero-order valence-electron chi connectivity index (χ0n) is 26.8. The molecule has 1 saturated carbocycles. The van der Waals surface area contributed by atoms with Gasteiger partial charge in [-0.15, -0.1) is 0 Å². The molecule has 1 aliphatic heterocycles. The van der Waals surface area contributed by atoms with E-state index in [-0.39, 0.29) is 30.5 Å². The minimum Gasteiger partial charge on any atom is -0.444 e. The van der Waals surface area contributed by atoms with Crippen molar-refractivity contribution in [1.82, 2.24) is 15.2 Å². The second-order valence-electron chi connectivity index (χ2n) is 13.7. The van der Waals surface area contributed by atoms with Crippen LogP contribution in [0, 0.1) is 0 Å². The Kier molecular flexibility index (Phi) is 10.2. The Balaban J connectivity index is 1.82. The van der Waals surface area contributed by atoms with E-state index in [1.54, 1.807) is 46.2 Å². The summed E-state index contributed by atoms with van der Waals surface area (Å²) >= 11 is 0. The van der Waals surface area contributed by atoms with Crippen LogP contribution in [-0.4, -0.2) is 64.7 Å². The molecular weight excluding hydrogens is 544 g/mol. The van der Waals surface area contributed by atoms with Gasteiger partial charge in [-0.1, -0.05) is 58.2 Å². The maximum atomic E-state index is 14.9. The first-order chi connectivity index (χ1) is 20.3. The Labute approximate surface area is 256 Å². The van der Waals surface area contributed by atoms with Gasteiger partial charge in [-0.2, -0.15) is 0 Å². The normalized spacial score (nSPS) is 20.7. The summed E-state index contributed by atoms with van der Waals surface area (Å²) in [5.41, 5.74) is 1.38. The van der Waals surface area contributed by atoms with Gasteiger partial charge in [0, 0.05) is 36.2 Å². The van der Waals surface area contributed by atoms with Crippen LogP contribution in [-0.2, 0) is 24.5 Å². The number of ether oxygens (including phenoxy) is 2. The van der Waals surface area contributed by atoms with Crippen molar-refractivity contribution < 1.29 is 23.9 Å². The van der Waals surface area contributed by atoms with Crippen molar-refractivity contribution in [1.29, 1.82) is 0 Å². The summed E-state index contributed by atoms with van der Waals surface area (Å²) in [6.45, 7) is 14.0. The summed E-state index contributed by atoms with van der Waals surface area (Å²) in [4.78, 5) is 49.8. The predicted octanol–water partition coefficient (Wildman–Crippen LogP) is 5.93. The highest BCUT2D eigenvalue weighted by atomic mass is 16.6. The number of anilines is 1. The second-order valence-corrected chi connectivity index (χ2v) is 13.7. The lowest BCUT2D eigenvalue weighted by Gasteiger charge is -2.43. The highest BCUT2D eigenvalue weighted by Crippen LogP contribution is 2.34. The van der Waals surface area contributed by atoms with E-state index in [4.69, 9.17) is 9.47 Å². The summed E-state index contributed by atoms with van der Waals surface area (Å²) in [6, 6.07) is 9.32. The van der Waals surface area contributed by atoms with Crippen LogP contribution < -0.4 is 10.2 Å². The van der Waals surface area contributed by atoms with Crippen LogP contribution in [0.15, 0.2) is 48.8 Å². The van der Waals surface area contributed by atoms with Gasteiger partial charge in [0.2, 0.25) is 5.91 Å². The van der Waals surface area contributed by atoms with Crippen LogP contribution in [0.1, 0.15) is 97.7 Å². The molecule has 9 heteroatoms. The van der Waals surface area contributed by atoms with Gasteiger partial charge in [0.05, 0.1) is 12.7 Å². The Morgan fingerprint density at radius 2 is 1.70 bits per heavy atom. The molecule has 43 heavy (non-hydrogen) atoms. The number of pyridine rings is 1. The standard InChI is InChI=1S/C34H48N4O5/c1-23-28(37(20-21-42-23)32(41)43-34(5,6)7)31(40)38(27-17-15-25(16-18-27)33(2,3)4)29(24-12-11-19-35-22-24)30(39)36-26-13-9-8-10-14-26/h11-12,15-19,22-23,26,28-29H,8-10,13-14,20-21H2,1-7H3,(H,36,39). The highest BCUT2D eigenvalue weighted by Gasteiger charge is 2.45. The van der Waals surface area contributed by atoms with E-state index in [2.05, 4.69) is 31.1 Å². The van der Waals surface area contributed by atoms with Gasteiger partial charge in [0.25, 0.3) is 5.91 Å². The molecule has 1 saturated heterocycles. The predicted molar refractivity (Wildman–Crippen MR) is 167 cm³/mol. The molecule has 2 aliphatic rings. The van der Waals surface area contributed by atoms with Crippen LogP contribution in [0.2, 0.25) is 0 Å². The van der Waals surface area contributed by atoms with Crippen LogP contribution in [0.3, 0.4) is 0 Å². The molecule has 2 fully saturated rings. The number of carbonyl (C=O) groups is 3. The first-order valence-electron chi connectivity index (χ1n) is 15.5. The second kappa shape index (κ2) is 13.5. The van der Waals surface area contributed by atoms with Crippen molar-refractivity contribution in [3.63, 3.8) is 0 Å². The molecule has 3 amide bonds. The Bertz CT molecular complexity index is 1250. The maximum absolute atomic E-state index is 14.9. The molecule has 0 bridgehead atoms. The fourth-order valence-corrected chi connectivity index (χ4v) is 5.83. The zero-order chi connectivity index (χ0) is 31.4. The summed E-state index contributed by atoms with van der Waals surface area (Å²) in [5.74, 6) is -0.699. The number of morpholine rings is 1. The van der Waals surface area contributed by atoms with Gasteiger partial charge < -0.3 is 14.8 Å². The van der Waals surface area contributed by atoms with E-state index in [1.807, 2.05) is 30.3 Å². The van der Waals surface area contributed by atoms with Crippen molar-refractivity contribution in [3.05, 3.63) is 59.9 Å². The summed E-state index contributed by atoms with van der Waals surface area (Å²) < 4.78 is 11.6. The van der Waals surface area contributed by atoms with Crippen molar-refractivity contribution in [2.24, 2.45) is 0 Å². The Hall–Kier alpha value is -3.46. The Morgan fingerprint density at radius 1 is 1.02 bits per heavy atom. The first-order valence-corrected chi connectivity index (χ1v) is 15.5. The molecule has 4 rings (SSSR count). The number of hydrogen-bond donors (Lipinski definition) is 1. The molecule has 2 heterocycles. The summed E-state index contributed by atoms with van der Waals surface area (Å²) in [7, 11) is 0. The van der Waals surface area contributed by atoms with E-state index in [9.17, 15) is 14.4 Å². The number of nitrogens with one attached hydrogen (secondary N) is 1. The van der Waals surface area contributed by atoms with Crippen LogP contribution >= 0.6 is 0 Å².